The van der Waals surface area contributed by atoms with Crippen molar-refractivity contribution < 1.29 is 9.18 Å². The van der Waals surface area contributed by atoms with Gasteiger partial charge < -0.3 is 10.6 Å². The molecule has 0 unspecified atom stereocenters. The highest BCUT2D eigenvalue weighted by Gasteiger charge is 2.22. The summed E-state index contributed by atoms with van der Waals surface area (Å²) < 4.78 is 13.5. The molecule has 3 nitrogen and oxygen atoms in total. The van der Waals surface area contributed by atoms with E-state index in [9.17, 15) is 9.18 Å². The van der Waals surface area contributed by atoms with Crippen molar-refractivity contribution in [1.29, 1.82) is 0 Å². The molecule has 2 rings (SSSR count). The first kappa shape index (κ1) is 15.1. The number of hydrogen-bond donors (Lipinski definition) is 2. The maximum Gasteiger partial charge on any atom is 0.239 e. The molecule has 2 N–H and O–H groups in total. The molecule has 0 bridgehead atoms. The van der Waals surface area contributed by atoms with Crippen molar-refractivity contribution in [2.24, 2.45) is 5.92 Å². The molecule has 1 aromatic rings. The number of carbonyl (C=O) groups is 1. The van der Waals surface area contributed by atoms with Gasteiger partial charge >= 0.3 is 0 Å². The fourth-order valence-electron chi connectivity index (χ4n) is 2.60. The number of hydrogen-bond acceptors (Lipinski definition) is 2. The molecule has 1 amide bonds. The largest absolute Gasteiger partial charge is 0.374 e. The van der Waals surface area contributed by atoms with Gasteiger partial charge in [-0.15, -0.1) is 0 Å². The number of rotatable bonds is 4. The van der Waals surface area contributed by atoms with E-state index < -0.39 is 5.82 Å². The minimum atomic E-state index is -0.448. The van der Waals surface area contributed by atoms with Gasteiger partial charge in [-0.3, -0.25) is 4.79 Å². The van der Waals surface area contributed by atoms with Gasteiger partial charge in [0.1, 0.15) is 5.82 Å². The predicted molar refractivity (Wildman–Crippen MR) is 79.5 cm³/mol. The first-order chi connectivity index (χ1) is 9.56. The summed E-state index contributed by atoms with van der Waals surface area (Å²) >= 11 is 5.68. The fraction of sp³-hybridized carbons (Fsp3) is 0.533. The first-order valence-electron chi connectivity index (χ1n) is 7.04. The highest BCUT2D eigenvalue weighted by atomic mass is 35.5. The Morgan fingerprint density at radius 2 is 2.15 bits per heavy atom. The zero-order valence-electron chi connectivity index (χ0n) is 11.6. The van der Waals surface area contributed by atoms with Gasteiger partial charge in [-0.05, 0) is 37.0 Å². The Hall–Kier alpha value is -1.29. The van der Waals surface area contributed by atoms with Gasteiger partial charge in [0.25, 0.3) is 0 Å². The zero-order chi connectivity index (χ0) is 14.5. The van der Waals surface area contributed by atoms with Crippen molar-refractivity contribution >= 4 is 23.2 Å². The van der Waals surface area contributed by atoms with Crippen LogP contribution in [0.5, 0.6) is 0 Å². The molecule has 1 aliphatic carbocycles. The standard InChI is InChI=1S/C15H20ClFN2O/c1-10-4-2-3-5-13(10)19-15(20)9-18-14-7-6-11(16)8-12(14)17/h6-8,10,13,18H,2-5,9H2,1H3,(H,19,20)/t10-,13-/m0/s1. The average molecular weight is 299 g/mol. The number of amides is 1. The molecule has 0 radical (unpaired) electrons. The molecule has 0 aromatic heterocycles. The Morgan fingerprint density at radius 1 is 1.40 bits per heavy atom. The van der Waals surface area contributed by atoms with E-state index in [1.54, 1.807) is 6.07 Å². The van der Waals surface area contributed by atoms with E-state index in [-0.39, 0.29) is 18.5 Å². The van der Waals surface area contributed by atoms with Crippen molar-refractivity contribution in [1.82, 2.24) is 5.32 Å². The summed E-state index contributed by atoms with van der Waals surface area (Å²) in [4.78, 5) is 11.9. The normalized spacial score (nSPS) is 22.4. The van der Waals surface area contributed by atoms with Crippen LogP contribution < -0.4 is 10.6 Å². The van der Waals surface area contributed by atoms with E-state index >= 15 is 0 Å². The second-order valence-corrected chi connectivity index (χ2v) is 5.85. The molecule has 110 valence electrons. The second-order valence-electron chi connectivity index (χ2n) is 5.41. The molecule has 0 heterocycles. The van der Waals surface area contributed by atoms with Crippen molar-refractivity contribution in [3.8, 4) is 0 Å². The molecule has 20 heavy (non-hydrogen) atoms. The Morgan fingerprint density at radius 3 is 2.85 bits per heavy atom. The van der Waals surface area contributed by atoms with Gasteiger partial charge in [-0.2, -0.15) is 0 Å². The third kappa shape index (κ3) is 4.10. The summed E-state index contributed by atoms with van der Waals surface area (Å²) in [5, 5.41) is 6.16. The summed E-state index contributed by atoms with van der Waals surface area (Å²) in [7, 11) is 0. The molecule has 2 atom stereocenters. The molecular formula is C15H20ClFN2O. The lowest BCUT2D eigenvalue weighted by Crippen LogP contribution is -2.43. The molecule has 0 aliphatic heterocycles. The summed E-state index contributed by atoms with van der Waals surface area (Å²) in [6.07, 6.45) is 4.59. The van der Waals surface area contributed by atoms with Crippen LogP contribution in [0, 0.1) is 11.7 Å². The Kier molecular flexibility index (Phi) is 5.24. The van der Waals surface area contributed by atoms with Crippen LogP contribution in [0.3, 0.4) is 0 Å². The first-order valence-corrected chi connectivity index (χ1v) is 7.42. The Labute approximate surface area is 123 Å². The quantitative estimate of drug-likeness (QED) is 0.892. The van der Waals surface area contributed by atoms with E-state index in [0.717, 1.165) is 19.3 Å². The van der Waals surface area contributed by atoms with Crippen LogP contribution >= 0.6 is 11.6 Å². The summed E-state index contributed by atoms with van der Waals surface area (Å²) in [6, 6.07) is 4.60. The van der Waals surface area contributed by atoms with E-state index in [4.69, 9.17) is 11.6 Å². The van der Waals surface area contributed by atoms with Crippen molar-refractivity contribution in [2.45, 2.75) is 38.6 Å². The molecular weight excluding hydrogens is 279 g/mol. The summed E-state index contributed by atoms with van der Waals surface area (Å²) in [5.41, 5.74) is 0.293. The van der Waals surface area contributed by atoms with Crippen LogP contribution in [-0.2, 0) is 4.79 Å². The highest BCUT2D eigenvalue weighted by Crippen LogP contribution is 2.23. The smallest absolute Gasteiger partial charge is 0.239 e. The minimum absolute atomic E-state index is 0.0712. The van der Waals surface area contributed by atoms with E-state index in [2.05, 4.69) is 17.6 Å². The monoisotopic (exact) mass is 298 g/mol. The zero-order valence-corrected chi connectivity index (χ0v) is 12.3. The molecule has 1 fully saturated rings. The molecule has 0 saturated heterocycles. The van der Waals surface area contributed by atoms with Crippen LogP contribution in [0.15, 0.2) is 18.2 Å². The lowest BCUT2D eigenvalue weighted by molar-refractivity contribution is -0.120. The summed E-state index contributed by atoms with van der Waals surface area (Å²) in [6.45, 7) is 2.23. The maximum absolute atomic E-state index is 13.5. The number of benzene rings is 1. The van der Waals surface area contributed by atoms with Crippen LogP contribution in [0.2, 0.25) is 5.02 Å². The number of carbonyl (C=O) groups excluding carboxylic acids is 1. The topological polar surface area (TPSA) is 41.1 Å². The summed E-state index contributed by atoms with van der Waals surface area (Å²) in [5.74, 6) is -0.0330. The average Bonchev–Trinajstić information content (AvgIpc) is 2.40. The lowest BCUT2D eigenvalue weighted by Gasteiger charge is -2.29. The van der Waals surface area contributed by atoms with Crippen LogP contribution in [-0.4, -0.2) is 18.5 Å². The van der Waals surface area contributed by atoms with Crippen molar-refractivity contribution in [2.75, 3.05) is 11.9 Å². The molecule has 1 saturated carbocycles. The van der Waals surface area contributed by atoms with Crippen molar-refractivity contribution in [3.05, 3.63) is 29.0 Å². The third-order valence-electron chi connectivity index (χ3n) is 3.83. The van der Waals surface area contributed by atoms with Gasteiger partial charge in [-0.25, -0.2) is 4.39 Å². The maximum atomic E-state index is 13.5. The van der Waals surface area contributed by atoms with Crippen LogP contribution in [0.1, 0.15) is 32.6 Å². The van der Waals surface area contributed by atoms with E-state index in [1.165, 1.54) is 18.6 Å². The minimum Gasteiger partial charge on any atom is -0.374 e. The predicted octanol–water partition coefficient (Wildman–Crippen LogP) is 3.59. The highest BCUT2D eigenvalue weighted by molar-refractivity contribution is 6.30. The number of anilines is 1. The van der Waals surface area contributed by atoms with Gasteiger partial charge in [0.2, 0.25) is 5.91 Å². The molecule has 1 aromatic carbocycles. The lowest BCUT2D eigenvalue weighted by atomic mass is 9.86. The van der Waals surface area contributed by atoms with Gasteiger partial charge in [-0.1, -0.05) is 31.4 Å². The Bertz CT molecular complexity index is 481. The van der Waals surface area contributed by atoms with Crippen LogP contribution in [0.25, 0.3) is 0 Å². The SMILES string of the molecule is C[C@H]1CCCC[C@@H]1NC(=O)CNc1ccc(Cl)cc1F. The van der Waals surface area contributed by atoms with Crippen molar-refractivity contribution in [3.63, 3.8) is 0 Å². The third-order valence-corrected chi connectivity index (χ3v) is 4.06. The molecule has 5 heteroatoms. The molecule has 0 spiro atoms. The number of nitrogens with one attached hydrogen (secondary N) is 2. The van der Waals surface area contributed by atoms with Gasteiger partial charge in [0, 0.05) is 11.1 Å². The van der Waals surface area contributed by atoms with Crippen LogP contribution in [0.4, 0.5) is 10.1 Å². The van der Waals surface area contributed by atoms with Gasteiger partial charge in [0.15, 0.2) is 0 Å². The van der Waals surface area contributed by atoms with E-state index in [0.29, 0.717) is 16.6 Å². The Balaban J connectivity index is 1.82. The fourth-order valence-corrected chi connectivity index (χ4v) is 2.76. The number of halogens is 2. The molecule has 1 aliphatic rings. The van der Waals surface area contributed by atoms with E-state index in [1.807, 2.05) is 0 Å². The second kappa shape index (κ2) is 6.93. The van der Waals surface area contributed by atoms with Gasteiger partial charge in [0.05, 0.1) is 12.2 Å².